The quantitative estimate of drug-likeness (QED) is 0.884. The first-order valence-electron chi connectivity index (χ1n) is 6.46. The number of hydrogen-bond acceptors (Lipinski definition) is 4. The Labute approximate surface area is 113 Å². The normalized spacial score (nSPS) is 26.4. The molecule has 5 nitrogen and oxygen atoms in total. The third-order valence-corrected chi connectivity index (χ3v) is 3.75. The molecule has 1 aliphatic carbocycles. The Hall–Kier alpha value is -1.46. The van der Waals surface area contributed by atoms with E-state index < -0.39 is 6.10 Å². The van der Waals surface area contributed by atoms with Crippen LogP contribution < -0.4 is 0 Å². The van der Waals surface area contributed by atoms with Crippen molar-refractivity contribution >= 4 is 5.91 Å². The Morgan fingerprint density at radius 1 is 1.47 bits per heavy atom. The number of aliphatic hydroxyl groups excluding tert-OH is 1. The van der Waals surface area contributed by atoms with Crippen molar-refractivity contribution in [3.63, 3.8) is 0 Å². The molecule has 19 heavy (non-hydrogen) atoms. The van der Waals surface area contributed by atoms with E-state index in [0.29, 0.717) is 5.69 Å². The predicted octanol–water partition coefficient (Wildman–Crippen LogP) is 1.00. The van der Waals surface area contributed by atoms with Gasteiger partial charge in [-0.2, -0.15) is 0 Å². The van der Waals surface area contributed by atoms with Crippen molar-refractivity contribution in [3.05, 3.63) is 29.6 Å². The van der Waals surface area contributed by atoms with Crippen LogP contribution in [0.5, 0.6) is 0 Å². The highest BCUT2D eigenvalue weighted by Crippen LogP contribution is 2.26. The Morgan fingerprint density at radius 3 is 2.79 bits per heavy atom. The van der Waals surface area contributed by atoms with Crippen LogP contribution in [-0.2, 0) is 4.74 Å². The van der Waals surface area contributed by atoms with Crippen LogP contribution in [0, 0.1) is 6.92 Å². The average molecular weight is 264 g/mol. The SMILES string of the molecule is CO[C@@H]1CC[C@@H](N(C)C(=O)c2cccc(C)n2)[C@H]1O. The van der Waals surface area contributed by atoms with Gasteiger partial charge >= 0.3 is 0 Å². The van der Waals surface area contributed by atoms with Crippen molar-refractivity contribution < 1.29 is 14.6 Å². The molecule has 0 aliphatic heterocycles. The van der Waals surface area contributed by atoms with Crippen LogP contribution in [0.25, 0.3) is 0 Å². The number of rotatable bonds is 3. The molecule has 104 valence electrons. The zero-order valence-electron chi connectivity index (χ0n) is 11.5. The van der Waals surface area contributed by atoms with E-state index in [0.717, 1.165) is 18.5 Å². The molecule has 1 saturated carbocycles. The predicted molar refractivity (Wildman–Crippen MR) is 70.9 cm³/mol. The number of aromatic nitrogens is 1. The van der Waals surface area contributed by atoms with E-state index in [1.807, 2.05) is 19.1 Å². The van der Waals surface area contributed by atoms with Gasteiger partial charge in [0.05, 0.1) is 12.1 Å². The van der Waals surface area contributed by atoms with Crippen LogP contribution in [0.15, 0.2) is 18.2 Å². The monoisotopic (exact) mass is 264 g/mol. The average Bonchev–Trinajstić information content (AvgIpc) is 2.78. The van der Waals surface area contributed by atoms with Gasteiger partial charge in [0.25, 0.3) is 5.91 Å². The minimum Gasteiger partial charge on any atom is -0.388 e. The maximum Gasteiger partial charge on any atom is 0.272 e. The van der Waals surface area contributed by atoms with Crippen molar-refractivity contribution in [2.45, 2.75) is 38.0 Å². The lowest BCUT2D eigenvalue weighted by molar-refractivity contribution is -0.0157. The van der Waals surface area contributed by atoms with E-state index >= 15 is 0 Å². The van der Waals surface area contributed by atoms with E-state index in [-0.39, 0.29) is 18.1 Å². The molecule has 1 heterocycles. The van der Waals surface area contributed by atoms with Gasteiger partial charge in [0.1, 0.15) is 11.8 Å². The molecule has 1 aromatic heterocycles. The van der Waals surface area contributed by atoms with E-state index in [2.05, 4.69) is 4.98 Å². The summed E-state index contributed by atoms with van der Waals surface area (Å²) >= 11 is 0. The number of aryl methyl sites for hydroxylation is 1. The fourth-order valence-electron chi connectivity index (χ4n) is 2.60. The van der Waals surface area contributed by atoms with Crippen molar-refractivity contribution in [3.8, 4) is 0 Å². The lowest BCUT2D eigenvalue weighted by Gasteiger charge is -2.28. The lowest BCUT2D eigenvalue weighted by atomic mass is 10.1. The third-order valence-electron chi connectivity index (χ3n) is 3.75. The minimum absolute atomic E-state index is 0.162. The molecule has 5 heteroatoms. The molecule has 2 rings (SSSR count). The van der Waals surface area contributed by atoms with E-state index in [4.69, 9.17) is 4.74 Å². The summed E-state index contributed by atoms with van der Waals surface area (Å²) in [5.74, 6) is -0.162. The second-order valence-electron chi connectivity index (χ2n) is 4.99. The van der Waals surface area contributed by atoms with Crippen LogP contribution >= 0.6 is 0 Å². The highest BCUT2D eigenvalue weighted by atomic mass is 16.5. The molecule has 1 aliphatic rings. The Balaban J connectivity index is 2.12. The van der Waals surface area contributed by atoms with Crippen molar-refractivity contribution in [1.82, 2.24) is 9.88 Å². The molecule has 0 aromatic carbocycles. The number of nitrogens with zero attached hydrogens (tertiary/aromatic N) is 2. The van der Waals surface area contributed by atoms with Crippen LogP contribution in [0.3, 0.4) is 0 Å². The van der Waals surface area contributed by atoms with E-state index in [1.165, 1.54) is 0 Å². The first-order valence-corrected chi connectivity index (χ1v) is 6.46. The van der Waals surface area contributed by atoms with Gasteiger partial charge in [-0.3, -0.25) is 4.79 Å². The molecular weight excluding hydrogens is 244 g/mol. The standard InChI is InChI=1S/C14H20N2O3/c1-9-5-4-6-10(15-9)14(18)16(2)11-7-8-12(19-3)13(11)17/h4-6,11-13,17H,7-8H2,1-3H3/t11-,12-,13-/m1/s1. The summed E-state index contributed by atoms with van der Waals surface area (Å²) in [7, 11) is 3.29. The van der Waals surface area contributed by atoms with Gasteiger partial charge in [0.2, 0.25) is 0 Å². The number of hydrogen-bond donors (Lipinski definition) is 1. The molecular formula is C14H20N2O3. The van der Waals surface area contributed by atoms with Gasteiger partial charge < -0.3 is 14.7 Å². The largest absolute Gasteiger partial charge is 0.388 e. The number of amides is 1. The summed E-state index contributed by atoms with van der Waals surface area (Å²) in [6.45, 7) is 1.85. The van der Waals surface area contributed by atoms with Gasteiger partial charge in [-0.05, 0) is 31.9 Å². The Morgan fingerprint density at radius 2 is 2.21 bits per heavy atom. The van der Waals surface area contributed by atoms with Gasteiger partial charge in [-0.1, -0.05) is 6.07 Å². The summed E-state index contributed by atoms with van der Waals surface area (Å²) in [6.07, 6.45) is 0.684. The molecule has 0 unspecified atom stereocenters. The van der Waals surface area contributed by atoms with Crippen molar-refractivity contribution in [2.75, 3.05) is 14.2 Å². The number of methoxy groups -OCH3 is 1. The summed E-state index contributed by atoms with van der Waals surface area (Å²) < 4.78 is 5.20. The number of pyridine rings is 1. The first-order chi connectivity index (χ1) is 9.04. The topological polar surface area (TPSA) is 62.7 Å². The molecule has 3 atom stereocenters. The van der Waals surface area contributed by atoms with Gasteiger partial charge in [-0.15, -0.1) is 0 Å². The summed E-state index contributed by atoms with van der Waals surface area (Å²) in [6, 6.07) is 5.15. The second-order valence-corrected chi connectivity index (χ2v) is 4.99. The van der Waals surface area contributed by atoms with Crippen LogP contribution in [0.4, 0.5) is 0 Å². The summed E-state index contributed by atoms with van der Waals surface area (Å²) in [5, 5.41) is 10.1. The maximum atomic E-state index is 12.3. The van der Waals surface area contributed by atoms with Crippen LogP contribution in [0.2, 0.25) is 0 Å². The highest BCUT2D eigenvalue weighted by Gasteiger charge is 2.39. The van der Waals surface area contributed by atoms with Gasteiger partial charge in [0, 0.05) is 19.9 Å². The van der Waals surface area contributed by atoms with Crippen LogP contribution in [-0.4, -0.2) is 53.3 Å². The van der Waals surface area contributed by atoms with Crippen LogP contribution in [0.1, 0.15) is 29.0 Å². The number of aliphatic hydroxyl groups is 1. The fraction of sp³-hybridized carbons (Fsp3) is 0.571. The molecule has 0 bridgehead atoms. The summed E-state index contributed by atoms with van der Waals surface area (Å²) in [5.41, 5.74) is 1.22. The molecule has 1 fully saturated rings. The Kier molecular flexibility index (Phi) is 4.17. The first kappa shape index (κ1) is 14.0. The Bertz CT molecular complexity index is 464. The van der Waals surface area contributed by atoms with Crippen molar-refractivity contribution in [2.24, 2.45) is 0 Å². The fourth-order valence-corrected chi connectivity index (χ4v) is 2.60. The second kappa shape index (κ2) is 5.67. The molecule has 0 radical (unpaired) electrons. The zero-order chi connectivity index (χ0) is 14.0. The zero-order valence-corrected chi connectivity index (χ0v) is 11.5. The smallest absolute Gasteiger partial charge is 0.272 e. The molecule has 1 N–H and O–H groups in total. The van der Waals surface area contributed by atoms with Gasteiger partial charge in [-0.25, -0.2) is 4.98 Å². The summed E-state index contributed by atoms with van der Waals surface area (Å²) in [4.78, 5) is 18.1. The van der Waals surface area contributed by atoms with Gasteiger partial charge in [0.15, 0.2) is 0 Å². The molecule has 0 spiro atoms. The lowest BCUT2D eigenvalue weighted by Crippen LogP contribution is -2.44. The number of likely N-dealkylation sites (N-methyl/N-ethyl adjacent to an activating group) is 1. The highest BCUT2D eigenvalue weighted by molar-refractivity contribution is 5.92. The molecule has 0 saturated heterocycles. The van der Waals surface area contributed by atoms with E-state index in [1.54, 1.807) is 25.1 Å². The van der Waals surface area contributed by atoms with Crippen molar-refractivity contribution in [1.29, 1.82) is 0 Å². The maximum absolute atomic E-state index is 12.3. The number of carbonyl (C=O) groups is 1. The number of ether oxygens (including phenoxy) is 1. The van der Waals surface area contributed by atoms with E-state index in [9.17, 15) is 9.90 Å². The minimum atomic E-state index is -0.635. The molecule has 1 amide bonds. The third kappa shape index (κ3) is 2.77. The number of carbonyl (C=O) groups excluding carboxylic acids is 1. The molecule has 1 aromatic rings.